The van der Waals surface area contributed by atoms with E-state index in [0.717, 1.165) is 35.7 Å². The van der Waals surface area contributed by atoms with Gasteiger partial charge in [-0.3, -0.25) is 9.69 Å². The van der Waals surface area contributed by atoms with Gasteiger partial charge in [-0.25, -0.2) is 0 Å². The molecule has 5 rings (SSSR count). The van der Waals surface area contributed by atoms with Crippen molar-refractivity contribution in [1.29, 1.82) is 0 Å². The van der Waals surface area contributed by atoms with Gasteiger partial charge in [0.05, 0.1) is 25.4 Å². The number of nitrogens with zero attached hydrogens (tertiary/aromatic N) is 2. The highest BCUT2D eigenvalue weighted by atomic mass is 16.5. The first-order chi connectivity index (χ1) is 13.7. The van der Waals surface area contributed by atoms with Crippen molar-refractivity contribution in [3.63, 3.8) is 0 Å². The number of anilines is 1. The number of hydrogen-bond acceptors (Lipinski definition) is 4. The van der Waals surface area contributed by atoms with Crippen LogP contribution in [-0.4, -0.2) is 42.6 Å². The molecule has 1 amide bonds. The first kappa shape index (κ1) is 17.6. The predicted octanol–water partition coefficient (Wildman–Crippen LogP) is 3.62. The summed E-state index contributed by atoms with van der Waals surface area (Å²) in [5, 5.41) is 0. The minimum atomic E-state index is -0.0816. The minimum absolute atomic E-state index is 0.0816. The Morgan fingerprint density at radius 3 is 2.61 bits per heavy atom. The Kier molecular flexibility index (Phi) is 4.47. The highest BCUT2D eigenvalue weighted by molar-refractivity contribution is 5.99. The van der Waals surface area contributed by atoms with Crippen LogP contribution in [0.5, 0.6) is 11.5 Å². The van der Waals surface area contributed by atoms with Gasteiger partial charge in [0.1, 0.15) is 17.6 Å². The molecule has 3 aliphatic rings. The molecule has 2 atom stereocenters. The number of benzene rings is 2. The van der Waals surface area contributed by atoms with Crippen LogP contribution in [0.4, 0.5) is 5.69 Å². The predicted molar refractivity (Wildman–Crippen MR) is 108 cm³/mol. The summed E-state index contributed by atoms with van der Waals surface area (Å²) < 4.78 is 11.6. The molecule has 2 heterocycles. The molecule has 0 unspecified atom stereocenters. The van der Waals surface area contributed by atoms with Crippen molar-refractivity contribution in [2.75, 3.05) is 18.6 Å². The molecule has 0 N–H and O–H groups in total. The van der Waals surface area contributed by atoms with Gasteiger partial charge < -0.3 is 14.4 Å². The van der Waals surface area contributed by atoms with E-state index in [1.54, 1.807) is 7.11 Å². The average molecular weight is 378 g/mol. The molecule has 5 nitrogen and oxygen atoms in total. The van der Waals surface area contributed by atoms with Crippen LogP contribution < -0.4 is 14.4 Å². The third-order valence-corrected chi connectivity index (χ3v) is 6.35. The van der Waals surface area contributed by atoms with E-state index in [4.69, 9.17) is 9.47 Å². The Hall–Kier alpha value is -2.53. The van der Waals surface area contributed by atoms with Gasteiger partial charge in [-0.1, -0.05) is 30.7 Å². The molecule has 28 heavy (non-hydrogen) atoms. The zero-order valence-corrected chi connectivity index (χ0v) is 16.2. The number of hydrogen-bond donors (Lipinski definition) is 0. The highest BCUT2D eigenvalue weighted by Gasteiger charge is 2.46. The second kappa shape index (κ2) is 7.13. The van der Waals surface area contributed by atoms with Crippen molar-refractivity contribution in [2.24, 2.45) is 0 Å². The minimum Gasteiger partial charge on any atom is -0.497 e. The molecule has 1 saturated carbocycles. The molecule has 2 bridgehead atoms. The van der Waals surface area contributed by atoms with Crippen molar-refractivity contribution >= 4 is 11.6 Å². The van der Waals surface area contributed by atoms with Crippen molar-refractivity contribution in [3.8, 4) is 11.5 Å². The van der Waals surface area contributed by atoms with E-state index < -0.39 is 0 Å². The van der Waals surface area contributed by atoms with E-state index in [1.807, 2.05) is 53.4 Å². The number of rotatable bonds is 4. The topological polar surface area (TPSA) is 42.0 Å². The lowest BCUT2D eigenvalue weighted by Gasteiger charge is -2.39. The fraction of sp³-hybridized carbons (Fsp3) is 0.435. The zero-order chi connectivity index (χ0) is 19.1. The molecule has 0 radical (unpaired) electrons. The Balaban J connectivity index is 1.50. The fourth-order valence-corrected chi connectivity index (χ4v) is 4.61. The lowest BCUT2D eigenvalue weighted by Crippen LogP contribution is -2.51. The fourth-order valence-electron chi connectivity index (χ4n) is 4.61. The molecule has 2 aromatic carbocycles. The average Bonchev–Trinajstić information content (AvgIpc) is 3.09. The first-order valence-electron chi connectivity index (χ1n) is 10.2. The van der Waals surface area contributed by atoms with Gasteiger partial charge in [0.2, 0.25) is 5.91 Å². The van der Waals surface area contributed by atoms with Crippen LogP contribution in [0.3, 0.4) is 0 Å². The molecule has 146 valence electrons. The van der Waals surface area contributed by atoms with E-state index in [2.05, 4.69) is 4.90 Å². The summed E-state index contributed by atoms with van der Waals surface area (Å²) in [6.07, 6.45) is 4.54. The summed E-state index contributed by atoms with van der Waals surface area (Å²) in [5.41, 5.74) is 1.95. The van der Waals surface area contributed by atoms with Crippen molar-refractivity contribution in [2.45, 2.75) is 50.4 Å². The van der Waals surface area contributed by atoms with Crippen LogP contribution >= 0.6 is 0 Å². The van der Waals surface area contributed by atoms with E-state index in [1.165, 1.54) is 19.3 Å². The van der Waals surface area contributed by atoms with Crippen LogP contribution in [0.15, 0.2) is 48.5 Å². The summed E-state index contributed by atoms with van der Waals surface area (Å²) in [5.74, 6) is 1.82. The molecule has 5 heteroatoms. The molecule has 2 aromatic rings. The standard InChI is InChI=1S/C23H26N2O3/c1-27-18-11-9-16(10-12-18)14-25-20-7-2-3-8-22(20)28-19-13-21(23(25)26)24(15-19)17-5-4-6-17/h2-3,7-12,17,19,21H,4-6,13-15H2,1H3/t19-,21-/m0/s1. The Morgan fingerprint density at radius 2 is 1.89 bits per heavy atom. The number of ether oxygens (including phenoxy) is 2. The third-order valence-electron chi connectivity index (χ3n) is 6.35. The number of amides is 1. The first-order valence-corrected chi connectivity index (χ1v) is 10.2. The van der Waals surface area contributed by atoms with Crippen LogP contribution in [-0.2, 0) is 11.3 Å². The van der Waals surface area contributed by atoms with E-state index >= 15 is 0 Å². The lowest BCUT2D eigenvalue weighted by atomic mass is 9.91. The summed E-state index contributed by atoms with van der Waals surface area (Å²) in [6.45, 7) is 1.38. The van der Waals surface area contributed by atoms with Crippen LogP contribution in [0.1, 0.15) is 31.2 Å². The summed E-state index contributed by atoms with van der Waals surface area (Å²) in [4.78, 5) is 18.0. The quantitative estimate of drug-likeness (QED) is 0.815. The van der Waals surface area contributed by atoms with Crippen LogP contribution in [0.2, 0.25) is 0 Å². The molecule has 1 aliphatic carbocycles. The molecule has 0 spiro atoms. The zero-order valence-electron chi connectivity index (χ0n) is 16.2. The molecule has 2 fully saturated rings. The summed E-state index contributed by atoms with van der Waals surface area (Å²) in [7, 11) is 1.66. The maximum Gasteiger partial charge on any atom is 0.244 e. The van der Waals surface area contributed by atoms with E-state index in [9.17, 15) is 4.79 Å². The summed E-state index contributed by atoms with van der Waals surface area (Å²) >= 11 is 0. The Bertz CT molecular complexity index is 862. The molecular weight excluding hydrogens is 352 g/mol. The van der Waals surface area contributed by atoms with Gasteiger partial charge in [-0.15, -0.1) is 0 Å². The molecular formula is C23H26N2O3. The lowest BCUT2D eigenvalue weighted by molar-refractivity contribution is -0.124. The smallest absolute Gasteiger partial charge is 0.244 e. The molecule has 0 aromatic heterocycles. The number of para-hydroxylation sites is 2. The van der Waals surface area contributed by atoms with Gasteiger partial charge >= 0.3 is 0 Å². The van der Waals surface area contributed by atoms with Gasteiger partial charge in [-0.05, 0) is 42.7 Å². The number of likely N-dealkylation sites (tertiary alicyclic amines) is 1. The van der Waals surface area contributed by atoms with Gasteiger partial charge in [0.25, 0.3) is 0 Å². The van der Waals surface area contributed by atoms with Crippen molar-refractivity contribution in [1.82, 2.24) is 4.90 Å². The SMILES string of the molecule is COc1ccc(CN2C(=O)[C@@H]3C[C@@H](CN3C3CCC3)Oc3ccccc32)cc1. The van der Waals surface area contributed by atoms with Crippen LogP contribution in [0, 0.1) is 0 Å². The number of methoxy groups -OCH3 is 1. The maximum absolute atomic E-state index is 13.7. The molecule has 2 aliphatic heterocycles. The number of fused-ring (bicyclic) bond motifs is 3. The van der Waals surface area contributed by atoms with Crippen molar-refractivity contribution < 1.29 is 14.3 Å². The normalized spacial score (nSPS) is 24.8. The van der Waals surface area contributed by atoms with Gasteiger partial charge in [0, 0.05) is 19.0 Å². The van der Waals surface area contributed by atoms with E-state index in [0.29, 0.717) is 12.6 Å². The maximum atomic E-state index is 13.7. The van der Waals surface area contributed by atoms with Gasteiger partial charge in [-0.2, -0.15) is 0 Å². The Morgan fingerprint density at radius 1 is 1.11 bits per heavy atom. The van der Waals surface area contributed by atoms with E-state index in [-0.39, 0.29) is 18.1 Å². The summed E-state index contributed by atoms with van der Waals surface area (Å²) in [6, 6.07) is 16.3. The van der Waals surface area contributed by atoms with Crippen LogP contribution in [0.25, 0.3) is 0 Å². The van der Waals surface area contributed by atoms with Crippen molar-refractivity contribution in [3.05, 3.63) is 54.1 Å². The van der Waals surface area contributed by atoms with Gasteiger partial charge in [0.15, 0.2) is 0 Å². The number of carbonyl (C=O) groups is 1. The Labute approximate surface area is 165 Å². The highest BCUT2D eigenvalue weighted by Crippen LogP contribution is 2.39. The monoisotopic (exact) mass is 378 g/mol. The molecule has 1 saturated heterocycles. The third kappa shape index (κ3) is 3.04. The second-order valence-electron chi connectivity index (χ2n) is 8.01. The number of carbonyl (C=O) groups excluding carboxylic acids is 1. The second-order valence-corrected chi connectivity index (χ2v) is 8.01. The largest absolute Gasteiger partial charge is 0.497 e.